The summed E-state index contributed by atoms with van der Waals surface area (Å²) in [5.74, 6) is 2.13. The van der Waals surface area contributed by atoms with Gasteiger partial charge in [-0.25, -0.2) is 0 Å². The minimum Gasteiger partial charge on any atom is -0.300 e. The third-order valence-corrected chi connectivity index (χ3v) is 8.38. The Hall–Kier alpha value is -0.820. The highest BCUT2D eigenvalue weighted by Gasteiger charge is 2.42. The van der Waals surface area contributed by atoms with Crippen LogP contribution in [0.2, 0.25) is 0 Å². The van der Waals surface area contributed by atoms with Gasteiger partial charge in [0.25, 0.3) is 0 Å². The number of hydrogen-bond acceptors (Lipinski definition) is 1. The minimum absolute atomic E-state index is 0.430. The fourth-order valence-electron chi connectivity index (χ4n) is 6.62. The normalized spacial score (nSPS) is 31.7. The molecule has 2 atom stereocenters. The van der Waals surface area contributed by atoms with E-state index < -0.39 is 0 Å². The van der Waals surface area contributed by atoms with Crippen LogP contribution in [0.4, 0.5) is 0 Å². The second-order valence-electron chi connectivity index (χ2n) is 9.61. The van der Waals surface area contributed by atoms with Crippen LogP contribution in [0.1, 0.15) is 88.3 Å². The first kappa shape index (κ1) is 18.5. The van der Waals surface area contributed by atoms with E-state index in [0.717, 1.165) is 17.9 Å². The molecule has 1 aliphatic heterocycles. The van der Waals surface area contributed by atoms with Gasteiger partial charge in [0.1, 0.15) is 0 Å². The van der Waals surface area contributed by atoms with Crippen LogP contribution in [0.5, 0.6) is 0 Å². The summed E-state index contributed by atoms with van der Waals surface area (Å²) < 4.78 is 0. The molecule has 1 nitrogen and oxygen atoms in total. The lowest BCUT2D eigenvalue weighted by Gasteiger charge is -2.45. The molecule has 3 aliphatic rings. The summed E-state index contributed by atoms with van der Waals surface area (Å²) in [4.78, 5) is 2.90. The lowest BCUT2D eigenvalue weighted by atomic mass is 9.68. The Labute approximate surface area is 161 Å². The summed E-state index contributed by atoms with van der Waals surface area (Å²) in [5, 5.41) is 0. The molecule has 2 unspecified atom stereocenters. The van der Waals surface area contributed by atoms with E-state index in [-0.39, 0.29) is 0 Å². The molecule has 144 valence electrons. The zero-order valence-electron chi connectivity index (χ0n) is 17.4. The highest BCUT2D eigenvalue weighted by molar-refractivity contribution is 5.38. The Bertz CT molecular complexity index is 597. The largest absolute Gasteiger partial charge is 0.300 e. The monoisotopic (exact) mass is 353 g/mol. The maximum atomic E-state index is 2.90. The summed E-state index contributed by atoms with van der Waals surface area (Å²) in [6.45, 7) is 9.68. The second-order valence-corrected chi connectivity index (χ2v) is 9.61. The van der Waals surface area contributed by atoms with Crippen LogP contribution >= 0.6 is 0 Å². The minimum atomic E-state index is 0.430. The predicted octanol–water partition coefficient (Wildman–Crippen LogP) is 6.27. The van der Waals surface area contributed by atoms with Crippen molar-refractivity contribution in [3.05, 3.63) is 34.9 Å². The molecule has 3 fully saturated rings. The molecule has 26 heavy (non-hydrogen) atoms. The summed E-state index contributed by atoms with van der Waals surface area (Å²) in [5.41, 5.74) is 5.14. The molecule has 1 saturated heterocycles. The number of aryl methyl sites for hydroxylation is 2. The number of piperidine rings is 1. The lowest BCUT2D eigenvalue weighted by molar-refractivity contribution is 0.110. The Morgan fingerprint density at radius 1 is 1.00 bits per heavy atom. The Kier molecular flexibility index (Phi) is 5.46. The van der Waals surface area contributed by atoms with Crippen LogP contribution in [-0.2, 0) is 11.8 Å². The highest BCUT2D eigenvalue weighted by atomic mass is 15.2. The third-order valence-electron chi connectivity index (χ3n) is 8.38. The zero-order valence-corrected chi connectivity index (χ0v) is 17.4. The molecule has 0 N–H and O–H groups in total. The average Bonchev–Trinajstić information content (AvgIpc) is 3.12. The fourth-order valence-corrected chi connectivity index (χ4v) is 6.62. The number of hydrogen-bond donors (Lipinski definition) is 0. The molecule has 0 radical (unpaired) electrons. The van der Waals surface area contributed by atoms with E-state index in [9.17, 15) is 0 Å². The van der Waals surface area contributed by atoms with E-state index in [4.69, 9.17) is 0 Å². The summed E-state index contributed by atoms with van der Waals surface area (Å²) in [7, 11) is 0. The van der Waals surface area contributed by atoms with Gasteiger partial charge in [0.15, 0.2) is 0 Å². The van der Waals surface area contributed by atoms with Gasteiger partial charge in [0.2, 0.25) is 0 Å². The predicted molar refractivity (Wildman–Crippen MR) is 112 cm³/mol. The van der Waals surface area contributed by atoms with Crippen LogP contribution < -0.4 is 0 Å². The van der Waals surface area contributed by atoms with Crippen molar-refractivity contribution in [1.82, 2.24) is 4.90 Å². The van der Waals surface area contributed by atoms with E-state index in [1.165, 1.54) is 82.9 Å². The third kappa shape index (κ3) is 3.37. The van der Waals surface area contributed by atoms with Crippen LogP contribution in [0.25, 0.3) is 0 Å². The number of fused-ring (bicyclic) bond motifs is 1. The average molecular weight is 354 g/mol. The summed E-state index contributed by atoms with van der Waals surface area (Å²) in [6, 6.07) is 8.13. The lowest BCUT2D eigenvalue weighted by Crippen LogP contribution is -2.46. The second kappa shape index (κ2) is 7.66. The molecule has 1 aromatic rings. The van der Waals surface area contributed by atoms with Gasteiger partial charge >= 0.3 is 0 Å². The zero-order chi connectivity index (χ0) is 18.1. The van der Waals surface area contributed by atoms with Gasteiger partial charge in [-0.3, -0.25) is 0 Å². The maximum absolute atomic E-state index is 2.90. The van der Waals surface area contributed by atoms with Crippen LogP contribution in [-0.4, -0.2) is 24.0 Å². The maximum Gasteiger partial charge on any atom is 0.0101 e. The first-order valence-electron chi connectivity index (χ1n) is 11.5. The van der Waals surface area contributed by atoms with Gasteiger partial charge in [-0.2, -0.15) is 0 Å². The SMILES string of the molecule is CCc1ccc(C)cc1C1(CC)CCN(C2CC3CCCCC3C2)CC1. The van der Waals surface area contributed by atoms with Gasteiger partial charge in [-0.05, 0) is 86.9 Å². The molecule has 0 amide bonds. The number of rotatable bonds is 4. The van der Waals surface area contributed by atoms with E-state index in [1.807, 2.05) is 0 Å². The van der Waals surface area contributed by atoms with E-state index in [2.05, 4.69) is 43.9 Å². The van der Waals surface area contributed by atoms with Crippen LogP contribution in [0.3, 0.4) is 0 Å². The molecule has 2 aliphatic carbocycles. The molecule has 0 spiro atoms. The smallest absolute Gasteiger partial charge is 0.0101 e. The van der Waals surface area contributed by atoms with Gasteiger partial charge in [-0.1, -0.05) is 63.3 Å². The van der Waals surface area contributed by atoms with Gasteiger partial charge in [0.05, 0.1) is 0 Å². The fraction of sp³-hybridized carbons (Fsp3) is 0.760. The molecule has 2 saturated carbocycles. The van der Waals surface area contributed by atoms with E-state index >= 15 is 0 Å². The van der Waals surface area contributed by atoms with E-state index in [0.29, 0.717) is 5.41 Å². The summed E-state index contributed by atoms with van der Waals surface area (Å²) >= 11 is 0. The van der Waals surface area contributed by atoms with Crippen molar-refractivity contribution in [2.75, 3.05) is 13.1 Å². The van der Waals surface area contributed by atoms with Crippen molar-refractivity contribution in [3.63, 3.8) is 0 Å². The van der Waals surface area contributed by atoms with Gasteiger partial charge in [0, 0.05) is 6.04 Å². The Morgan fingerprint density at radius 3 is 2.23 bits per heavy atom. The number of benzene rings is 1. The molecule has 1 heterocycles. The summed E-state index contributed by atoms with van der Waals surface area (Å²) in [6.07, 6.45) is 14.3. The van der Waals surface area contributed by atoms with Crippen molar-refractivity contribution in [2.45, 2.75) is 96.4 Å². The molecule has 0 bridgehead atoms. The highest BCUT2D eigenvalue weighted by Crippen LogP contribution is 2.46. The van der Waals surface area contributed by atoms with Crippen LogP contribution in [0.15, 0.2) is 18.2 Å². The molecular formula is C25H39N. The first-order chi connectivity index (χ1) is 12.6. The Balaban J connectivity index is 1.47. The van der Waals surface area contributed by atoms with Gasteiger partial charge in [-0.15, -0.1) is 0 Å². The van der Waals surface area contributed by atoms with Crippen molar-refractivity contribution < 1.29 is 0 Å². The molecule has 1 heteroatoms. The molecule has 0 aromatic heterocycles. The molecular weight excluding hydrogens is 314 g/mol. The standard InChI is InChI=1S/C25H39N/c1-4-20-11-10-19(3)16-24(20)25(5-2)12-14-26(15-13-25)23-17-21-8-6-7-9-22(21)18-23/h10-11,16,21-23H,4-9,12-15,17-18H2,1-3H3. The van der Waals surface area contributed by atoms with Crippen molar-refractivity contribution >= 4 is 0 Å². The first-order valence-corrected chi connectivity index (χ1v) is 11.5. The van der Waals surface area contributed by atoms with Crippen molar-refractivity contribution in [1.29, 1.82) is 0 Å². The number of likely N-dealkylation sites (tertiary alicyclic amines) is 1. The molecule has 4 rings (SSSR count). The van der Waals surface area contributed by atoms with Gasteiger partial charge < -0.3 is 4.90 Å². The van der Waals surface area contributed by atoms with E-state index in [1.54, 1.807) is 11.1 Å². The Morgan fingerprint density at radius 2 is 1.65 bits per heavy atom. The van der Waals surface area contributed by atoms with Crippen molar-refractivity contribution in [2.24, 2.45) is 11.8 Å². The quantitative estimate of drug-likeness (QED) is 0.616. The van der Waals surface area contributed by atoms with Crippen molar-refractivity contribution in [3.8, 4) is 0 Å². The molecule has 1 aromatic carbocycles. The topological polar surface area (TPSA) is 3.24 Å². The van der Waals surface area contributed by atoms with Crippen LogP contribution in [0, 0.1) is 18.8 Å². The number of nitrogens with zero attached hydrogens (tertiary/aromatic N) is 1.